The van der Waals surface area contributed by atoms with E-state index in [1.165, 1.54) is 22.5 Å². The van der Waals surface area contributed by atoms with Crippen LogP contribution in [-0.4, -0.2) is 79.8 Å². The summed E-state index contributed by atoms with van der Waals surface area (Å²) < 4.78 is 73.5. The molecule has 0 bridgehead atoms. The molecule has 1 aromatic rings. The Morgan fingerprint density at radius 2 is 1.89 bits per heavy atom. The normalized spacial score (nSPS) is 24.4. The van der Waals surface area contributed by atoms with E-state index in [1.807, 2.05) is 17.9 Å². The average molecular weight is 560 g/mol. The van der Waals surface area contributed by atoms with Crippen molar-refractivity contribution < 1.29 is 31.4 Å². The summed E-state index contributed by atoms with van der Waals surface area (Å²) in [6.07, 6.45) is 1.25. The lowest BCUT2D eigenvalue weighted by atomic mass is 9.94. The number of alkyl halides is 3. The molecule has 2 aliphatic heterocycles. The van der Waals surface area contributed by atoms with Crippen LogP contribution in [0.3, 0.4) is 0 Å². The summed E-state index contributed by atoms with van der Waals surface area (Å²) in [5.74, 6) is 0. The second kappa shape index (κ2) is 10.7. The lowest BCUT2D eigenvalue weighted by molar-refractivity contribution is -0.258. The van der Waals surface area contributed by atoms with E-state index in [9.17, 15) is 26.7 Å². The average Bonchev–Trinajstić information content (AvgIpc) is 2.81. The number of rotatable bonds is 8. The molecule has 0 unspecified atom stereocenters. The summed E-state index contributed by atoms with van der Waals surface area (Å²) in [7, 11) is -3.79. The lowest BCUT2D eigenvalue weighted by Gasteiger charge is -2.44. The molecule has 0 amide bonds. The highest BCUT2D eigenvalue weighted by Gasteiger charge is 2.51. The Morgan fingerprint density at radius 3 is 2.46 bits per heavy atom. The number of sulfonamides is 1. The highest BCUT2D eigenvalue weighted by molar-refractivity contribution is 7.96. The first-order valence-electron chi connectivity index (χ1n) is 12.2. The fraction of sp³-hybridized carbons (Fsp3) is 0.560. The first kappa shape index (κ1) is 28.2. The molecule has 0 aromatic heterocycles. The summed E-state index contributed by atoms with van der Waals surface area (Å²) in [4.78, 5) is 2.56. The van der Waals surface area contributed by atoms with Gasteiger partial charge >= 0.3 is 6.18 Å². The number of piperazine rings is 1. The number of ether oxygens (including phenoxy) is 1. The van der Waals surface area contributed by atoms with Crippen molar-refractivity contribution in [3.8, 4) is 0 Å². The van der Waals surface area contributed by atoms with Crippen LogP contribution in [-0.2, 0) is 20.4 Å². The van der Waals surface area contributed by atoms with Gasteiger partial charge in [0.1, 0.15) is 0 Å². The summed E-state index contributed by atoms with van der Waals surface area (Å²) in [6, 6.07) is 5.69. The molecule has 204 valence electrons. The van der Waals surface area contributed by atoms with Crippen LogP contribution >= 0.6 is 12.2 Å². The minimum atomic E-state index is -4.81. The van der Waals surface area contributed by atoms with E-state index in [0.717, 1.165) is 6.92 Å². The second-order valence-electron chi connectivity index (χ2n) is 9.95. The zero-order valence-corrected chi connectivity index (χ0v) is 22.4. The van der Waals surface area contributed by atoms with Crippen molar-refractivity contribution in [1.82, 2.24) is 9.62 Å². The van der Waals surface area contributed by atoms with Crippen LogP contribution in [0.25, 0.3) is 0 Å². The van der Waals surface area contributed by atoms with Gasteiger partial charge in [0.2, 0.25) is 10.0 Å². The minimum absolute atomic E-state index is 0.0483. The Bertz CT molecular complexity index is 1160. The molecule has 0 radical (unpaired) electrons. The number of hydrogen-bond acceptors (Lipinski definition) is 7. The monoisotopic (exact) mass is 559 g/mol. The third-order valence-electron chi connectivity index (χ3n) is 7.12. The van der Waals surface area contributed by atoms with Crippen molar-refractivity contribution in [1.29, 1.82) is 0 Å². The van der Waals surface area contributed by atoms with E-state index in [-0.39, 0.29) is 41.7 Å². The minimum Gasteiger partial charge on any atom is -0.378 e. The number of halogens is 3. The van der Waals surface area contributed by atoms with Crippen molar-refractivity contribution in [3.05, 3.63) is 53.0 Å². The molecule has 1 aromatic carbocycles. The highest BCUT2D eigenvalue weighted by Crippen LogP contribution is 2.39. The molecule has 1 aliphatic carbocycles. The molecule has 2 saturated heterocycles. The van der Waals surface area contributed by atoms with Crippen LogP contribution in [0, 0.1) is 0 Å². The number of aliphatic hydroxyl groups is 1. The summed E-state index contributed by atoms with van der Waals surface area (Å²) >= 11 is 5.32. The van der Waals surface area contributed by atoms with Crippen molar-refractivity contribution in [2.45, 2.75) is 56.6 Å². The fourth-order valence-corrected chi connectivity index (χ4v) is 6.90. The van der Waals surface area contributed by atoms with Gasteiger partial charge in [0.15, 0.2) is 5.60 Å². The zero-order chi connectivity index (χ0) is 27.0. The summed E-state index contributed by atoms with van der Waals surface area (Å²) in [5.41, 5.74) is -2.56. The first-order valence-corrected chi connectivity index (χ1v) is 14.1. The van der Waals surface area contributed by atoms with Gasteiger partial charge in [-0.3, -0.25) is 0 Å². The van der Waals surface area contributed by atoms with Gasteiger partial charge < -0.3 is 20.1 Å². The Kier molecular flexibility index (Phi) is 8.18. The van der Waals surface area contributed by atoms with Gasteiger partial charge in [-0.15, -0.1) is 0 Å². The predicted molar refractivity (Wildman–Crippen MR) is 140 cm³/mol. The van der Waals surface area contributed by atoms with Crippen molar-refractivity contribution in [3.63, 3.8) is 0 Å². The van der Waals surface area contributed by atoms with E-state index in [2.05, 4.69) is 5.32 Å². The standard InChI is InChI=1S/C25H32F3N3O4S2/c1-17(29-19-15-35-16-19)13-21-14-30(37(33,34)23-6-4-3-5-22(23)36)11-12-31(21)20-9-7-18(8-10-20)24(2,32)25(26,27)28/h3-4,6-10,17,19,21,29,32H,5,11-16H2,1-2H3/t17-,21+,24+/m1/s1. The number of anilines is 1. The third kappa shape index (κ3) is 5.94. The van der Waals surface area contributed by atoms with Crippen molar-refractivity contribution in [2.75, 3.05) is 37.7 Å². The second-order valence-corrected chi connectivity index (χ2v) is 12.4. The van der Waals surface area contributed by atoms with Gasteiger partial charge in [0.25, 0.3) is 0 Å². The van der Waals surface area contributed by atoms with Gasteiger partial charge in [0.05, 0.1) is 24.2 Å². The van der Waals surface area contributed by atoms with Crippen LogP contribution < -0.4 is 10.2 Å². The molecule has 3 atom stereocenters. The maximum absolute atomic E-state index is 13.5. The van der Waals surface area contributed by atoms with E-state index >= 15 is 0 Å². The van der Waals surface area contributed by atoms with Gasteiger partial charge in [-0.2, -0.15) is 17.5 Å². The van der Waals surface area contributed by atoms with Crippen LogP contribution in [0.5, 0.6) is 0 Å². The van der Waals surface area contributed by atoms with Gasteiger partial charge in [-0.05, 0) is 44.0 Å². The molecular weight excluding hydrogens is 527 g/mol. The van der Waals surface area contributed by atoms with Crippen LogP contribution in [0.1, 0.15) is 32.3 Å². The van der Waals surface area contributed by atoms with E-state index in [1.54, 1.807) is 18.2 Å². The summed E-state index contributed by atoms with van der Waals surface area (Å²) in [6.45, 7) is 4.78. The van der Waals surface area contributed by atoms with Gasteiger partial charge in [-0.1, -0.05) is 36.5 Å². The quantitative estimate of drug-likeness (QED) is 0.474. The lowest BCUT2D eigenvalue weighted by Crippen LogP contribution is -2.58. The maximum atomic E-state index is 13.5. The van der Waals surface area contributed by atoms with Crippen molar-refractivity contribution in [2.24, 2.45) is 0 Å². The molecule has 4 rings (SSSR count). The zero-order valence-electron chi connectivity index (χ0n) is 20.7. The molecule has 7 nitrogen and oxygen atoms in total. The number of hydrogen-bond donors (Lipinski definition) is 2. The Balaban J connectivity index is 1.57. The predicted octanol–water partition coefficient (Wildman–Crippen LogP) is 3.26. The number of allylic oxidation sites excluding steroid dienone is 4. The molecule has 2 N–H and O–H groups in total. The molecule has 0 spiro atoms. The van der Waals surface area contributed by atoms with Crippen LogP contribution in [0.2, 0.25) is 0 Å². The van der Waals surface area contributed by atoms with E-state index in [4.69, 9.17) is 17.0 Å². The molecule has 37 heavy (non-hydrogen) atoms. The van der Waals surface area contributed by atoms with E-state index < -0.39 is 21.8 Å². The number of nitrogens with one attached hydrogen (secondary N) is 1. The number of benzene rings is 1. The van der Waals surface area contributed by atoms with Gasteiger partial charge in [-0.25, -0.2) is 8.42 Å². The molecule has 2 fully saturated rings. The fourth-order valence-electron chi connectivity index (χ4n) is 4.83. The molecule has 3 aliphatic rings. The number of nitrogens with zero attached hydrogens (tertiary/aromatic N) is 2. The Labute approximate surface area is 221 Å². The van der Waals surface area contributed by atoms with Gasteiger partial charge in [0, 0.05) is 48.7 Å². The highest BCUT2D eigenvalue weighted by atomic mass is 32.2. The first-order chi connectivity index (χ1) is 17.3. The largest absolute Gasteiger partial charge is 0.421 e. The third-order valence-corrected chi connectivity index (χ3v) is 9.59. The van der Waals surface area contributed by atoms with Crippen LogP contribution in [0.4, 0.5) is 18.9 Å². The molecule has 12 heteroatoms. The topological polar surface area (TPSA) is 82.1 Å². The van der Waals surface area contributed by atoms with E-state index in [0.29, 0.717) is 43.2 Å². The SMILES string of the molecule is C[C@H](C[C@H]1CN(S(=O)(=O)C2=CC=CCC2=S)CCN1c1ccc([C@](C)(O)C(F)(F)F)cc1)NC1COC1. The molecular formula is C25H32F3N3O4S2. The van der Waals surface area contributed by atoms with Crippen molar-refractivity contribution >= 4 is 32.8 Å². The Hall–Kier alpha value is -1.83. The maximum Gasteiger partial charge on any atom is 0.421 e. The van der Waals surface area contributed by atoms with Crippen LogP contribution in [0.15, 0.2) is 47.4 Å². The smallest absolute Gasteiger partial charge is 0.378 e. The molecule has 0 saturated carbocycles. The number of thiocarbonyl (C=S) groups is 1. The summed E-state index contributed by atoms with van der Waals surface area (Å²) in [5, 5.41) is 13.5. The Morgan fingerprint density at radius 1 is 1.22 bits per heavy atom. The molecule has 2 heterocycles.